The number of carboxylic acid groups (broad SMARTS) is 2. The van der Waals surface area contributed by atoms with E-state index in [1.54, 1.807) is 6.92 Å². The zero-order valence-electron chi connectivity index (χ0n) is 11.1. The maximum absolute atomic E-state index is 11.3. The van der Waals surface area contributed by atoms with Crippen LogP contribution in [0.5, 0.6) is 5.75 Å². The molecule has 0 unspecified atom stereocenters. The summed E-state index contributed by atoms with van der Waals surface area (Å²) in [6, 6.07) is 1.04. The number of aromatic carboxylic acids is 2. The molecule has 0 aliphatic carbocycles. The first-order valence-electron chi connectivity index (χ1n) is 5.80. The van der Waals surface area contributed by atoms with E-state index in [2.05, 4.69) is 6.58 Å². The normalized spacial score (nSPS) is 9.90. The van der Waals surface area contributed by atoms with Crippen molar-refractivity contribution in [3.63, 3.8) is 0 Å². The number of ether oxygens (including phenoxy) is 1. The van der Waals surface area contributed by atoms with E-state index in [4.69, 9.17) is 9.84 Å². The summed E-state index contributed by atoms with van der Waals surface area (Å²) in [5.41, 5.74) is 0.365. The fourth-order valence-electron chi connectivity index (χ4n) is 1.94. The van der Waals surface area contributed by atoms with Crippen LogP contribution in [0.3, 0.4) is 0 Å². The molecule has 106 valence electrons. The van der Waals surface area contributed by atoms with E-state index in [0.717, 1.165) is 12.1 Å². The van der Waals surface area contributed by atoms with Crippen LogP contribution in [0.15, 0.2) is 18.7 Å². The summed E-state index contributed by atoms with van der Waals surface area (Å²) in [6.07, 6.45) is 1.17. The highest BCUT2D eigenvalue weighted by Crippen LogP contribution is 2.30. The Morgan fingerprint density at radius 3 is 2.30 bits per heavy atom. The van der Waals surface area contributed by atoms with E-state index in [-0.39, 0.29) is 16.9 Å². The molecule has 0 aliphatic heterocycles. The van der Waals surface area contributed by atoms with Crippen molar-refractivity contribution in [1.29, 1.82) is 0 Å². The molecule has 20 heavy (non-hydrogen) atoms. The number of carboxylic acids is 2. The predicted molar refractivity (Wildman–Crippen MR) is 70.3 cm³/mol. The van der Waals surface area contributed by atoms with Crippen LogP contribution < -0.4 is 4.74 Å². The SMILES string of the molecule is C=CC(=O)Oc1cc(C(=O)O)c(C)c(CC)c1C(=O)O. The molecular weight excluding hydrogens is 264 g/mol. The molecule has 0 aromatic heterocycles. The Hall–Kier alpha value is -2.63. The van der Waals surface area contributed by atoms with Crippen molar-refractivity contribution in [2.45, 2.75) is 20.3 Å². The maximum Gasteiger partial charge on any atom is 0.339 e. The average Bonchev–Trinajstić information content (AvgIpc) is 2.38. The lowest BCUT2D eigenvalue weighted by Crippen LogP contribution is -2.14. The Balaban J connectivity index is 3.65. The Bertz CT molecular complexity index is 600. The molecule has 0 spiro atoms. The number of carbonyl (C=O) groups is 3. The van der Waals surface area contributed by atoms with Crippen LogP contribution >= 0.6 is 0 Å². The Morgan fingerprint density at radius 2 is 1.90 bits per heavy atom. The van der Waals surface area contributed by atoms with Crippen LogP contribution in [0.25, 0.3) is 0 Å². The molecule has 2 N–H and O–H groups in total. The van der Waals surface area contributed by atoms with Gasteiger partial charge in [-0.15, -0.1) is 0 Å². The highest BCUT2D eigenvalue weighted by Gasteiger charge is 2.24. The first kappa shape index (κ1) is 15.4. The van der Waals surface area contributed by atoms with Crippen molar-refractivity contribution in [3.8, 4) is 5.75 Å². The Kier molecular flexibility index (Phi) is 4.63. The van der Waals surface area contributed by atoms with Gasteiger partial charge >= 0.3 is 17.9 Å². The van der Waals surface area contributed by atoms with E-state index in [1.165, 1.54) is 6.92 Å². The van der Waals surface area contributed by atoms with Gasteiger partial charge in [-0.05, 0) is 30.5 Å². The van der Waals surface area contributed by atoms with E-state index < -0.39 is 17.9 Å². The number of esters is 1. The van der Waals surface area contributed by atoms with Gasteiger partial charge in [-0.3, -0.25) is 0 Å². The smallest absolute Gasteiger partial charge is 0.339 e. The molecule has 0 amide bonds. The number of hydrogen-bond donors (Lipinski definition) is 2. The third-order valence-electron chi connectivity index (χ3n) is 2.86. The minimum atomic E-state index is -1.28. The fraction of sp³-hybridized carbons (Fsp3) is 0.214. The largest absolute Gasteiger partial charge is 0.478 e. The lowest BCUT2D eigenvalue weighted by molar-refractivity contribution is -0.129. The molecule has 0 atom stereocenters. The molecule has 0 bridgehead atoms. The molecule has 6 heteroatoms. The molecule has 0 saturated carbocycles. The minimum Gasteiger partial charge on any atom is -0.478 e. The van der Waals surface area contributed by atoms with E-state index in [9.17, 15) is 19.5 Å². The van der Waals surface area contributed by atoms with Gasteiger partial charge in [0.05, 0.1) is 5.56 Å². The van der Waals surface area contributed by atoms with Crippen molar-refractivity contribution in [3.05, 3.63) is 41.0 Å². The van der Waals surface area contributed by atoms with Gasteiger partial charge < -0.3 is 14.9 Å². The Labute approximate surface area is 115 Å². The molecule has 0 fully saturated rings. The number of hydrogen-bond acceptors (Lipinski definition) is 4. The van der Waals surface area contributed by atoms with Crippen LogP contribution in [0.1, 0.15) is 38.8 Å². The van der Waals surface area contributed by atoms with Crippen LogP contribution in [0, 0.1) is 6.92 Å². The molecule has 1 aromatic rings. The molecule has 0 saturated heterocycles. The van der Waals surface area contributed by atoms with Crippen LogP contribution in [-0.4, -0.2) is 28.1 Å². The van der Waals surface area contributed by atoms with Gasteiger partial charge in [-0.1, -0.05) is 13.5 Å². The van der Waals surface area contributed by atoms with Gasteiger partial charge in [-0.2, -0.15) is 0 Å². The highest BCUT2D eigenvalue weighted by atomic mass is 16.5. The second-order valence-electron chi connectivity index (χ2n) is 3.99. The molecule has 0 aliphatic rings. The summed E-state index contributed by atoms with van der Waals surface area (Å²) in [5.74, 6) is -3.64. The summed E-state index contributed by atoms with van der Waals surface area (Å²) >= 11 is 0. The van der Waals surface area contributed by atoms with Crippen molar-refractivity contribution < 1.29 is 29.3 Å². The highest BCUT2D eigenvalue weighted by molar-refractivity contribution is 5.99. The van der Waals surface area contributed by atoms with Crippen LogP contribution in [0.2, 0.25) is 0 Å². The second kappa shape index (κ2) is 6.01. The third kappa shape index (κ3) is 2.85. The van der Waals surface area contributed by atoms with Gasteiger partial charge in [0, 0.05) is 6.08 Å². The molecule has 6 nitrogen and oxygen atoms in total. The zero-order chi connectivity index (χ0) is 15.4. The number of benzene rings is 1. The molecule has 0 radical (unpaired) electrons. The summed E-state index contributed by atoms with van der Waals surface area (Å²) < 4.78 is 4.84. The number of rotatable bonds is 5. The zero-order valence-corrected chi connectivity index (χ0v) is 11.1. The van der Waals surface area contributed by atoms with Gasteiger partial charge in [0.15, 0.2) is 0 Å². The van der Waals surface area contributed by atoms with Crippen molar-refractivity contribution >= 4 is 17.9 Å². The second-order valence-corrected chi connectivity index (χ2v) is 3.99. The third-order valence-corrected chi connectivity index (χ3v) is 2.86. The van der Waals surface area contributed by atoms with E-state index >= 15 is 0 Å². The summed E-state index contributed by atoms with van der Waals surface area (Å²) in [6.45, 7) is 6.43. The Morgan fingerprint density at radius 1 is 1.30 bits per heavy atom. The standard InChI is InChI=1S/C14H14O6/c1-4-8-7(3)9(13(16)17)6-10(12(8)14(18)19)20-11(15)5-2/h5-6H,2,4H2,1,3H3,(H,16,17)(H,18,19). The predicted octanol–water partition coefficient (Wildman–Crippen LogP) is 2.05. The maximum atomic E-state index is 11.3. The van der Waals surface area contributed by atoms with Crippen molar-refractivity contribution in [1.82, 2.24) is 0 Å². The number of carbonyl (C=O) groups excluding carboxylic acids is 1. The van der Waals surface area contributed by atoms with Crippen molar-refractivity contribution in [2.75, 3.05) is 0 Å². The minimum absolute atomic E-state index is 0.0984. The lowest BCUT2D eigenvalue weighted by Gasteiger charge is -2.15. The fourth-order valence-corrected chi connectivity index (χ4v) is 1.94. The van der Waals surface area contributed by atoms with E-state index in [0.29, 0.717) is 17.5 Å². The van der Waals surface area contributed by atoms with Crippen molar-refractivity contribution in [2.24, 2.45) is 0 Å². The molecule has 0 heterocycles. The van der Waals surface area contributed by atoms with Gasteiger partial charge in [0.1, 0.15) is 11.3 Å². The first-order chi connectivity index (χ1) is 9.33. The molecular formula is C14H14O6. The quantitative estimate of drug-likeness (QED) is 0.485. The van der Waals surface area contributed by atoms with E-state index in [1.807, 2.05) is 0 Å². The summed E-state index contributed by atoms with van der Waals surface area (Å²) in [4.78, 5) is 33.8. The van der Waals surface area contributed by atoms with Crippen LogP contribution in [0.4, 0.5) is 0 Å². The summed E-state index contributed by atoms with van der Waals surface area (Å²) in [5, 5.41) is 18.4. The van der Waals surface area contributed by atoms with Crippen LogP contribution in [-0.2, 0) is 11.2 Å². The molecule has 1 rings (SSSR count). The molecule has 1 aromatic carbocycles. The van der Waals surface area contributed by atoms with Gasteiger partial charge in [0.2, 0.25) is 0 Å². The van der Waals surface area contributed by atoms with Gasteiger partial charge in [0.25, 0.3) is 0 Å². The monoisotopic (exact) mass is 278 g/mol. The average molecular weight is 278 g/mol. The topological polar surface area (TPSA) is 101 Å². The summed E-state index contributed by atoms with van der Waals surface area (Å²) in [7, 11) is 0. The van der Waals surface area contributed by atoms with Gasteiger partial charge in [-0.25, -0.2) is 14.4 Å². The first-order valence-corrected chi connectivity index (χ1v) is 5.80. The lowest BCUT2D eigenvalue weighted by atomic mass is 9.94.